The standard InChI is InChI=1S/C21H20N6OS/c1-15-17(13-25-27(15)19-5-2-3-9-23-19)21(28)24-10-4-6-20-26-18(14-29-20)16-7-11-22-12-8-16/h2-3,5,7-9,11-14H,4,6,10H2,1H3,(H,24,28). The Balaban J connectivity index is 1.30. The van der Waals surface area contributed by atoms with Gasteiger partial charge in [0.1, 0.15) is 0 Å². The average molecular weight is 404 g/mol. The molecule has 0 aromatic carbocycles. The number of aromatic nitrogens is 5. The molecule has 0 aliphatic carbocycles. The Bertz CT molecular complexity index is 1090. The van der Waals surface area contributed by atoms with Crippen LogP contribution >= 0.6 is 11.3 Å². The fourth-order valence-electron chi connectivity index (χ4n) is 2.96. The molecule has 1 amide bonds. The second-order valence-corrected chi connectivity index (χ2v) is 7.41. The van der Waals surface area contributed by atoms with Crippen molar-refractivity contribution >= 4 is 17.2 Å². The highest BCUT2D eigenvalue weighted by Crippen LogP contribution is 2.21. The summed E-state index contributed by atoms with van der Waals surface area (Å²) in [6.07, 6.45) is 8.46. The Kier molecular flexibility index (Phi) is 5.71. The zero-order valence-corrected chi connectivity index (χ0v) is 16.8. The largest absolute Gasteiger partial charge is 0.352 e. The Morgan fingerprint density at radius 3 is 2.83 bits per heavy atom. The molecule has 1 N–H and O–H groups in total. The van der Waals surface area contributed by atoms with Crippen LogP contribution in [0.15, 0.2) is 60.5 Å². The minimum Gasteiger partial charge on any atom is -0.352 e. The van der Waals surface area contributed by atoms with E-state index in [1.165, 1.54) is 0 Å². The molecule has 4 rings (SSSR count). The summed E-state index contributed by atoms with van der Waals surface area (Å²) in [5.41, 5.74) is 3.36. The van der Waals surface area contributed by atoms with Crippen molar-refractivity contribution in [3.8, 4) is 17.1 Å². The third-order valence-electron chi connectivity index (χ3n) is 4.50. The number of pyridine rings is 2. The number of carbonyl (C=O) groups excluding carboxylic acids is 1. The fourth-order valence-corrected chi connectivity index (χ4v) is 3.81. The maximum Gasteiger partial charge on any atom is 0.254 e. The first-order valence-corrected chi connectivity index (χ1v) is 10.2. The molecule has 0 fully saturated rings. The van der Waals surface area contributed by atoms with Crippen LogP contribution in [0, 0.1) is 6.92 Å². The van der Waals surface area contributed by atoms with E-state index in [9.17, 15) is 4.79 Å². The van der Waals surface area contributed by atoms with E-state index in [-0.39, 0.29) is 5.91 Å². The van der Waals surface area contributed by atoms with Crippen molar-refractivity contribution in [1.82, 2.24) is 30.0 Å². The van der Waals surface area contributed by atoms with Crippen LogP contribution in [-0.2, 0) is 6.42 Å². The normalized spacial score (nSPS) is 10.8. The summed E-state index contributed by atoms with van der Waals surface area (Å²) in [7, 11) is 0. The van der Waals surface area contributed by atoms with Crippen LogP contribution in [0.3, 0.4) is 0 Å². The molecule has 0 bridgehead atoms. The van der Waals surface area contributed by atoms with Gasteiger partial charge < -0.3 is 5.32 Å². The number of thiazole rings is 1. The molecular weight excluding hydrogens is 384 g/mol. The molecule has 29 heavy (non-hydrogen) atoms. The molecule has 0 saturated heterocycles. The van der Waals surface area contributed by atoms with E-state index in [0.29, 0.717) is 17.9 Å². The molecule has 0 atom stereocenters. The van der Waals surface area contributed by atoms with Crippen LogP contribution in [0.2, 0.25) is 0 Å². The van der Waals surface area contributed by atoms with Gasteiger partial charge in [0, 0.05) is 42.5 Å². The molecule has 146 valence electrons. The first-order valence-electron chi connectivity index (χ1n) is 9.31. The highest BCUT2D eigenvalue weighted by atomic mass is 32.1. The predicted octanol–water partition coefficient (Wildman–Crippen LogP) is 3.46. The van der Waals surface area contributed by atoms with Gasteiger partial charge in [-0.3, -0.25) is 9.78 Å². The highest BCUT2D eigenvalue weighted by Gasteiger charge is 2.15. The van der Waals surface area contributed by atoms with Crippen molar-refractivity contribution in [1.29, 1.82) is 0 Å². The van der Waals surface area contributed by atoms with Gasteiger partial charge in [-0.25, -0.2) is 14.6 Å². The van der Waals surface area contributed by atoms with Gasteiger partial charge in [0.2, 0.25) is 0 Å². The number of hydrogen-bond acceptors (Lipinski definition) is 6. The Labute approximate surface area is 172 Å². The Morgan fingerprint density at radius 1 is 1.17 bits per heavy atom. The van der Waals surface area contributed by atoms with Gasteiger partial charge in [0.25, 0.3) is 5.91 Å². The van der Waals surface area contributed by atoms with Gasteiger partial charge in [-0.15, -0.1) is 11.3 Å². The first kappa shape index (κ1) is 18.9. The molecule has 0 saturated carbocycles. The number of nitrogens with zero attached hydrogens (tertiary/aromatic N) is 5. The summed E-state index contributed by atoms with van der Waals surface area (Å²) in [6.45, 7) is 2.45. The molecule has 0 radical (unpaired) electrons. The van der Waals surface area contributed by atoms with Crippen molar-refractivity contribution in [3.63, 3.8) is 0 Å². The van der Waals surface area contributed by atoms with Gasteiger partial charge in [0.15, 0.2) is 5.82 Å². The smallest absolute Gasteiger partial charge is 0.254 e. The molecule has 4 heterocycles. The molecule has 7 nitrogen and oxygen atoms in total. The Hall–Kier alpha value is -3.39. The summed E-state index contributed by atoms with van der Waals surface area (Å²) in [4.78, 5) is 25.5. The van der Waals surface area contributed by atoms with E-state index >= 15 is 0 Å². The van der Waals surface area contributed by atoms with E-state index in [4.69, 9.17) is 0 Å². The fraction of sp³-hybridized carbons (Fsp3) is 0.190. The van der Waals surface area contributed by atoms with E-state index in [1.807, 2.05) is 37.3 Å². The zero-order chi connectivity index (χ0) is 20.1. The maximum absolute atomic E-state index is 12.5. The quantitative estimate of drug-likeness (QED) is 0.477. The molecule has 4 aromatic rings. The number of nitrogens with one attached hydrogen (secondary N) is 1. The molecular formula is C21H20N6OS. The monoisotopic (exact) mass is 404 g/mol. The van der Waals surface area contributed by atoms with Crippen LogP contribution in [0.5, 0.6) is 0 Å². The molecule has 8 heteroatoms. The third-order valence-corrected chi connectivity index (χ3v) is 5.41. The lowest BCUT2D eigenvalue weighted by atomic mass is 10.2. The number of carbonyl (C=O) groups is 1. The second-order valence-electron chi connectivity index (χ2n) is 6.47. The van der Waals surface area contributed by atoms with Crippen LogP contribution in [-0.4, -0.2) is 37.2 Å². The SMILES string of the molecule is Cc1c(C(=O)NCCCc2nc(-c3ccncc3)cs2)cnn1-c1ccccn1. The summed E-state index contributed by atoms with van der Waals surface area (Å²) < 4.78 is 1.67. The van der Waals surface area contributed by atoms with Gasteiger partial charge in [0.05, 0.1) is 28.2 Å². The third kappa shape index (κ3) is 4.38. The van der Waals surface area contributed by atoms with Crippen molar-refractivity contribution in [2.24, 2.45) is 0 Å². The van der Waals surface area contributed by atoms with Crippen LogP contribution in [0.25, 0.3) is 17.1 Å². The maximum atomic E-state index is 12.5. The number of aryl methyl sites for hydroxylation is 1. The lowest BCUT2D eigenvalue weighted by Gasteiger charge is -2.05. The summed E-state index contributed by atoms with van der Waals surface area (Å²) in [5.74, 6) is 0.569. The zero-order valence-electron chi connectivity index (χ0n) is 15.9. The van der Waals surface area contributed by atoms with Crippen molar-refractivity contribution < 1.29 is 4.79 Å². The van der Waals surface area contributed by atoms with E-state index < -0.39 is 0 Å². The number of rotatable bonds is 7. The van der Waals surface area contributed by atoms with Crippen molar-refractivity contribution in [2.45, 2.75) is 19.8 Å². The minimum absolute atomic E-state index is 0.124. The highest BCUT2D eigenvalue weighted by molar-refractivity contribution is 7.09. The van der Waals surface area contributed by atoms with Crippen molar-refractivity contribution in [3.05, 3.63) is 76.8 Å². The van der Waals surface area contributed by atoms with Crippen LogP contribution in [0.1, 0.15) is 27.5 Å². The molecule has 4 aromatic heterocycles. The van der Waals surface area contributed by atoms with E-state index in [0.717, 1.165) is 34.8 Å². The van der Waals surface area contributed by atoms with Crippen LogP contribution < -0.4 is 5.32 Å². The van der Waals surface area contributed by atoms with E-state index in [1.54, 1.807) is 40.8 Å². The molecule has 0 unspecified atom stereocenters. The van der Waals surface area contributed by atoms with Gasteiger partial charge in [-0.05, 0) is 37.6 Å². The Morgan fingerprint density at radius 2 is 2.03 bits per heavy atom. The lowest BCUT2D eigenvalue weighted by Crippen LogP contribution is -2.25. The van der Waals surface area contributed by atoms with Crippen LogP contribution in [0.4, 0.5) is 0 Å². The van der Waals surface area contributed by atoms with E-state index in [2.05, 4.69) is 30.7 Å². The lowest BCUT2D eigenvalue weighted by molar-refractivity contribution is 0.0952. The molecule has 0 aliphatic heterocycles. The topological polar surface area (TPSA) is 85.6 Å². The summed E-state index contributed by atoms with van der Waals surface area (Å²) in [6, 6.07) is 9.50. The van der Waals surface area contributed by atoms with Crippen molar-refractivity contribution in [2.75, 3.05) is 6.54 Å². The summed E-state index contributed by atoms with van der Waals surface area (Å²) >= 11 is 1.64. The second kappa shape index (κ2) is 8.74. The summed E-state index contributed by atoms with van der Waals surface area (Å²) in [5, 5.41) is 10.4. The molecule has 0 spiro atoms. The first-order chi connectivity index (χ1) is 14.2. The predicted molar refractivity (Wildman–Crippen MR) is 112 cm³/mol. The average Bonchev–Trinajstić information content (AvgIpc) is 3.39. The number of hydrogen-bond donors (Lipinski definition) is 1. The molecule has 0 aliphatic rings. The van der Waals surface area contributed by atoms with Gasteiger partial charge in [-0.1, -0.05) is 6.07 Å². The van der Waals surface area contributed by atoms with Gasteiger partial charge >= 0.3 is 0 Å². The minimum atomic E-state index is -0.124. The van der Waals surface area contributed by atoms with Gasteiger partial charge in [-0.2, -0.15) is 5.10 Å². The number of amides is 1.